The van der Waals surface area contributed by atoms with Crippen molar-refractivity contribution < 1.29 is 43.1 Å². The molecule has 54 heavy (non-hydrogen) atoms. The second-order valence-corrected chi connectivity index (χ2v) is 13.8. The standard InChI is InChI=1S/C40H43ClF2N4O7/c1-25-28(6-3-7-31(25)32-8-4-9-34(37(32)38(42)43)52-13-5-11-47-12-10-30(49)21-47)23-54-36-16-35(53-22-27-14-26(17-44)18-45-19-27)29(15-33(36)41)20-46-40(2,24-48)39(50)51/h3-4,6-9,14-16,18-19,30,38,46,48-49H,5,10-13,20-24H2,1-2H3,(H,50,51). The minimum absolute atomic E-state index is 0.0196. The first kappa shape index (κ1) is 40.3. The van der Waals surface area contributed by atoms with Gasteiger partial charge in [-0.3, -0.25) is 15.1 Å². The molecule has 286 valence electrons. The number of carbonyl (C=O) groups is 1. The number of nitrogens with zero attached hydrogens (tertiary/aromatic N) is 3. The van der Waals surface area contributed by atoms with Crippen molar-refractivity contribution in [3.8, 4) is 34.4 Å². The van der Waals surface area contributed by atoms with Gasteiger partial charge in [-0.1, -0.05) is 41.9 Å². The number of hydrogen-bond acceptors (Lipinski definition) is 10. The molecule has 0 amide bonds. The third-order valence-corrected chi connectivity index (χ3v) is 9.71. The number of carboxylic acid groups (broad SMARTS) is 1. The Morgan fingerprint density at radius 1 is 1.07 bits per heavy atom. The minimum atomic E-state index is -2.79. The van der Waals surface area contributed by atoms with Crippen LogP contribution in [0.1, 0.15) is 59.6 Å². The number of aliphatic hydroxyl groups excluding tert-OH is 2. The summed E-state index contributed by atoms with van der Waals surface area (Å²) in [5.74, 6) is -0.571. The summed E-state index contributed by atoms with van der Waals surface area (Å²) in [6.45, 7) is 4.90. The lowest BCUT2D eigenvalue weighted by Crippen LogP contribution is -2.52. The molecule has 2 heterocycles. The molecule has 2 atom stereocenters. The van der Waals surface area contributed by atoms with Gasteiger partial charge in [-0.2, -0.15) is 5.26 Å². The third-order valence-electron chi connectivity index (χ3n) is 9.42. The van der Waals surface area contributed by atoms with E-state index in [0.717, 1.165) is 24.1 Å². The van der Waals surface area contributed by atoms with Crippen LogP contribution in [-0.2, 0) is 24.6 Å². The van der Waals surface area contributed by atoms with Crippen LogP contribution >= 0.6 is 11.6 Å². The van der Waals surface area contributed by atoms with Gasteiger partial charge >= 0.3 is 5.97 Å². The van der Waals surface area contributed by atoms with Gasteiger partial charge in [0.1, 0.15) is 42.1 Å². The summed E-state index contributed by atoms with van der Waals surface area (Å²) in [6.07, 6.45) is 1.23. The van der Waals surface area contributed by atoms with Crippen LogP contribution in [0.25, 0.3) is 11.1 Å². The lowest BCUT2D eigenvalue weighted by molar-refractivity contribution is -0.145. The van der Waals surface area contributed by atoms with Gasteiger partial charge in [0.2, 0.25) is 0 Å². The molecule has 1 aromatic heterocycles. The van der Waals surface area contributed by atoms with Gasteiger partial charge in [0, 0.05) is 55.8 Å². The summed E-state index contributed by atoms with van der Waals surface area (Å²) in [6, 6.07) is 17.1. The Balaban J connectivity index is 1.36. The summed E-state index contributed by atoms with van der Waals surface area (Å²) in [5.41, 5.74) is 2.00. The van der Waals surface area contributed by atoms with E-state index in [1.54, 1.807) is 54.7 Å². The summed E-state index contributed by atoms with van der Waals surface area (Å²) in [4.78, 5) is 18.0. The van der Waals surface area contributed by atoms with E-state index < -0.39 is 24.5 Å². The number of carboxylic acids is 1. The second-order valence-electron chi connectivity index (χ2n) is 13.4. The molecule has 0 saturated carbocycles. The smallest absolute Gasteiger partial charge is 0.326 e. The Labute approximate surface area is 317 Å². The van der Waals surface area contributed by atoms with Crippen LogP contribution < -0.4 is 19.5 Å². The number of ether oxygens (including phenoxy) is 3. The van der Waals surface area contributed by atoms with E-state index in [0.29, 0.717) is 53.1 Å². The van der Waals surface area contributed by atoms with Crippen LogP contribution in [-0.4, -0.2) is 75.7 Å². The number of hydrogen-bond donors (Lipinski definition) is 4. The summed E-state index contributed by atoms with van der Waals surface area (Å²) in [7, 11) is 0. The van der Waals surface area contributed by atoms with Crippen LogP contribution in [0.15, 0.2) is 67.0 Å². The zero-order valence-electron chi connectivity index (χ0n) is 30.0. The monoisotopic (exact) mass is 764 g/mol. The van der Waals surface area contributed by atoms with Crippen LogP contribution in [0.2, 0.25) is 5.02 Å². The van der Waals surface area contributed by atoms with Gasteiger partial charge in [-0.25, -0.2) is 8.78 Å². The lowest BCUT2D eigenvalue weighted by atomic mass is 9.93. The largest absolute Gasteiger partial charge is 0.493 e. The van der Waals surface area contributed by atoms with Gasteiger partial charge in [-0.05, 0) is 67.1 Å². The maximum absolute atomic E-state index is 14.6. The number of rotatable bonds is 18. The van der Waals surface area contributed by atoms with Crippen LogP contribution in [0.3, 0.4) is 0 Å². The molecule has 4 N–H and O–H groups in total. The molecule has 3 aromatic carbocycles. The number of aromatic nitrogens is 1. The molecule has 0 aliphatic carbocycles. The molecule has 11 nitrogen and oxygen atoms in total. The molecule has 1 saturated heterocycles. The molecule has 14 heteroatoms. The fraction of sp³-hybridized carbons (Fsp3) is 0.375. The Kier molecular flexibility index (Phi) is 13.8. The van der Waals surface area contributed by atoms with Crippen LogP contribution in [0.5, 0.6) is 17.2 Å². The molecule has 1 aliphatic heterocycles. The van der Waals surface area contributed by atoms with Crippen molar-refractivity contribution in [2.24, 2.45) is 0 Å². The molecular formula is C40H43ClF2N4O7. The maximum atomic E-state index is 14.6. The van der Waals surface area contributed by atoms with Gasteiger partial charge in [0.25, 0.3) is 6.43 Å². The van der Waals surface area contributed by atoms with Crippen LogP contribution in [0, 0.1) is 18.3 Å². The summed E-state index contributed by atoms with van der Waals surface area (Å²) >= 11 is 6.68. The molecular weight excluding hydrogens is 722 g/mol. The highest BCUT2D eigenvalue weighted by atomic mass is 35.5. The first-order valence-corrected chi connectivity index (χ1v) is 17.8. The molecule has 1 fully saturated rings. The number of nitrogens with one attached hydrogen (secondary N) is 1. The molecule has 0 spiro atoms. The van der Waals surface area contributed by atoms with Crippen molar-refractivity contribution in [3.63, 3.8) is 0 Å². The SMILES string of the molecule is Cc1c(COc2cc(OCc3cncc(C#N)c3)c(CNC(C)(CO)C(=O)O)cc2Cl)cccc1-c1cccc(OCCCN2CCC(O)C2)c1C(F)F. The predicted octanol–water partition coefficient (Wildman–Crippen LogP) is 6.44. The van der Waals surface area contributed by atoms with Gasteiger partial charge in [0.05, 0.1) is 35.5 Å². The number of pyridine rings is 1. The number of β-amino-alcohol motifs (C(OH)–C–C–N with tert-alkyl or cyclic N) is 1. The minimum Gasteiger partial charge on any atom is -0.493 e. The van der Waals surface area contributed by atoms with E-state index in [9.17, 15) is 34.2 Å². The van der Waals surface area contributed by atoms with E-state index in [2.05, 4.69) is 15.2 Å². The lowest BCUT2D eigenvalue weighted by Gasteiger charge is -2.25. The summed E-state index contributed by atoms with van der Waals surface area (Å²) in [5, 5.41) is 41.4. The normalized spacial score (nSPS) is 15.5. The van der Waals surface area contributed by atoms with Crippen molar-refractivity contribution in [3.05, 3.63) is 105 Å². The molecule has 2 unspecified atom stereocenters. The predicted molar refractivity (Wildman–Crippen MR) is 198 cm³/mol. The molecule has 5 rings (SSSR count). The highest BCUT2D eigenvalue weighted by Gasteiger charge is 2.32. The van der Waals surface area contributed by atoms with Gasteiger partial charge in [0.15, 0.2) is 0 Å². The van der Waals surface area contributed by atoms with E-state index >= 15 is 0 Å². The van der Waals surface area contributed by atoms with Crippen molar-refractivity contribution in [2.75, 3.05) is 32.8 Å². The first-order valence-electron chi connectivity index (χ1n) is 17.5. The topological polar surface area (TPSA) is 157 Å². The Morgan fingerprint density at radius 3 is 2.54 bits per heavy atom. The summed E-state index contributed by atoms with van der Waals surface area (Å²) < 4.78 is 47.5. The number of likely N-dealkylation sites (tertiary alicyclic amines) is 1. The molecule has 4 aromatic rings. The van der Waals surface area contributed by atoms with Crippen molar-refractivity contribution in [1.29, 1.82) is 5.26 Å². The zero-order chi connectivity index (χ0) is 38.8. The quantitative estimate of drug-likeness (QED) is 0.0827. The fourth-order valence-electron chi connectivity index (χ4n) is 6.14. The van der Waals surface area contributed by atoms with E-state index in [1.165, 1.54) is 13.1 Å². The number of benzene rings is 3. The maximum Gasteiger partial charge on any atom is 0.326 e. The van der Waals surface area contributed by atoms with Crippen LogP contribution in [0.4, 0.5) is 8.78 Å². The number of halogens is 3. The third kappa shape index (κ3) is 10.0. The average Bonchev–Trinajstić information content (AvgIpc) is 3.59. The second kappa shape index (κ2) is 18.5. The number of alkyl halides is 2. The van der Waals surface area contributed by atoms with Crippen molar-refractivity contribution in [1.82, 2.24) is 15.2 Å². The Morgan fingerprint density at radius 2 is 1.83 bits per heavy atom. The Hall–Kier alpha value is -4.84. The van der Waals surface area contributed by atoms with Crippen molar-refractivity contribution in [2.45, 2.75) is 64.5 Å². The zero-order valence-corrected chi connectivity index (χ0v) is 30.8. The molecule has 0 radical (unpaired) electrons. The number of nitriles is 1. The number of aliphatic carboxylic acids is 1. The fourth-order valence-corrected chi connectivity index (χ4v) is 6.38. The number of aliphatic hydroxyl groups is 2. The molecule has 0 bridgehead atoms. The van der Waals surface area contributed by atoms with E-state index in [4.69, 9.17) is 25.8 Å². The first-order chi connectivity index (χ1) is 25.9. The highest BCUT2D eigenvalue weighted by Crippen LogP contribution is 2.40. The highest BCUT2D eigenvalue weighted by molar-refractivity contribution is 6.32. The van der Waals surface area contributed by atoms with Crippen molar-refractivity contribution >= 4 is 17.6 Å². The van der Waals surface area contributed by atoms with E-state index in [1.807, 2.05) is 19.1 Å². The Bertz CT molecular complexity index is 1980. The van der Waals surface area contributed by atoms with Gasteiger partial charge in [-0.15, -0.1) is 0 Å². The molecule has 1 aliphatic rings. The van der Waals surface area contributed by atoms with Gasteiger partial charge < -0.3 is 34.4 Å². The van der Waals surface area contributed by atoms with E-state index in [-0.39, 0.29) is 54.6 Å². The average molecular weight is 765 g/mol.